The first-order valence-electron chi connectivity index (χ1n) is 12.6. The van der Waals surface area contributed by atoms with E-state index in [1.165, 1.54) is 23.5 Å². The monoisotopic (exact) mass is 624 g/mol. The molecule has 1 unspecified atom stereocenters. The van der Waals surface area contributed by atoms with E-state index in [1.54, 1.807) is 24.4 Å². The van der Waals surface area contributed by atoms with Crippen LogP contribution in [0.5, 0.6) is 5.75 Å². The first kappa shape index (κ1) is 29.3. The molecule has 2 heterocycles. The van der Waals surface area contributed by atoms with E-state index >= 15 is 0 Å². The van der Waals surface area contributed by atoms with Gasteiger partial charge in [-0.2, -0.15) is 4.73 Å². The Morgan fingerprint density at radius 2 is 1.73 bits per heavy atom. The summed E-state index contributed by atoms with van der Waals surface area (Å²) in [5, 5.41) is 23.1. The molecule has 41 heavy (non-hydrogen) atoms. The molecule has 2 N–H and O–H groups in total. The number of aliphatic hydroxyl groups excluding tert-OH is 1. The Balaban J connectivity index is 1.63. The quantitative estimate of drug-likeness (QED) is 0.0694. The lowest BCUT2D eigenvalue weighted by atomic mass is 10.1. The van der Waals surface area contributed by atoms with Crippen molar-refractivity contribution in [3.05, 3.63) is 100 Å². The van der Waals surface area contributed by atoms with Gasteiger partial charge in [0.15, 0.2) is 11.0 Å². The summed E-state index contributed by atoms with van der Waals surface area (Å²) >= 11 is 16.1. The summed E-state index contributed by atoms with van der Waals surface area (Å²) in [6.45, 7) is 2.35. The van der Waals surface area contributed by atoms with E-state index in [0.29, 0.717) is 51.3 Å². The van der Waals surface area contributed by atoms with E-state index < -0.39 is 5.44 Å². The number of hydrogen-bond acceptors (Lipinski definition) is 8. The molecule has 5 aromatic rings. The van der Waals surface area contributed by atoms with Crippen LogP contribution in [0.25, 0.3) is 34.0 Å². The molecule has 0 aliphatic heterocycles. The summed E-state index contributed by atoms with van der Waals surface area (Å²) in [7, 11) is 0. The lowest BCUT2D eigenvalue weighted by molar-refractivity contribution is 0.195. The normalized spacial score (nSPS) is 11.9. The number of halogens is 2. The van der Waals surface area contributed by atoms with Gasteiger partial charge in [-0.3, -0.25) is 0 Å². The van der Waals surface area contributed by atoms with Gasteiger partial charge in [-0.15, -0.1) is 11.8 Å². The second-order valence-corrected chi connectivity index (χ2v) is 11.8. The molecule has 210 valence electrons. The standard InChI is InChI=1S/C30H26Cl2N4O3S2/c1-3-41-29(37)20-15-22(31)25(23(32)16-20)28-35-26(24-12-13-33-30(34-24)40-2)27(36(28)38)19-10-7-11-21(14-19)39-17-18-8-5-4-6-9-18/h4-16,29,37-38H,3,17H2,1-2H3. The molecule has 0 aliphatic carbocycles. The van der Waals surface area contributed by atoms with Crippen LogP contribution in [0.4, 0.5) is 0 Å². The zero-order valence-corrected chi connectivity index (χ0v) is 25.3. The van der Waals surface area contributed by atoms with Crippen LogP contribution in [-0.4, -0.2) is 42.0 Å². The summed E-state index contributed by atoms with van der Waals surface area (Å²) in [5.74, 6) is 1.47. The molecule has 0 radical (unpaired) electrons. The molecule has 2 aromatic heterocycles. The van der Waals surface area contributed by atoms with E-state index in [0.717, 1.165) is 16.0 Å². The second kappa shape index (κ2) is 13.2. The summed E-state index contributed by atoms with van der Waals surface area (Å²) in [6.07, 6.45) is 3.53. The number of aliphatic hydroxyl groups is 1. The van der Waals surface area contributed by atoms with Gasteiger partial charge < -0.3 is 15.1 Å². The Bertz CT molecular complexity index is 1640. The van der Waals surface area contributed by atoms with Gasteiger partial charge >= 0.3 is 0 Å². The van der Waals surface area contributed by atoms with Crippen molar-refractivity contribution in [1.82, 2.24) is 19.7 Å². The Morgan fingerprint density at radius 3 is 2.44 bits per heavy atom. The summed E-state index contributed by atoms with van der Waals surface area (Å²) < 4.78 is 7.02. The minimum atomic E-state index is -0.784. The lowest BCUT2D eigenvalue weighted by Crippen LogP contribution is -2.01. The highest BCUT2D eigenvalue weighted by atomic mass is 35.5. The van der Waals surface area contributed by atoms with Gasteiger partial charge in [0.2, 0.25) is 0 Å². The first-order valence-corrected chi connectivity index (χ1v) is 15.7. The van der Waals surface area contributed by atoms with Crippen LogP contribution >= 0.6 is 46.7 Å². The highest BCUT2D eigenvalue weighted by Gasteiger charge is 2.26. The summed E-state index contributed by atoms with van der Waals surface area (Å²) in [5.41, 5.74) is 3.11. The fourth-order valence-electron chi connectivity index (χ4n) is 4.26. The zero-order chi connectivity index (χ0) is 28.9. The third kappa shape index (κ3) is 6.50. The minimum absolute atomic E-state index is 0.133. The van der Waals surface area contributed by atoms with Crippen molar-refractivity contribution in [3.8, 4) is 39.8 Å². The van der Waals surface area contributed by atoms with E-state index in [4.69, 9.17) is 32.9 Å². The molecule has 11 heteroatoms. The Labute approximate surface area is 256 Å². The third-order valence-corrected chi connectivity index (χ3v) is 8.25. The average molecular weight is 626 g/mol. The van der Waals surface area contributed by atoms with E-state index in [-0.39, 0.29) is 15.9 Å². The molecule has 0 saturated heterocycles. The predicted molar refractivity (Wildman–Crippen MR) is 167 cm³/mol. The molecule has 0 spiro atoms. The van der Waals surface area contributed by atoms with Crippen LogP contribution in [-0.2, 0) is 6.61 Å². The Hall–Kier alpha value is -3.21. The molecule has 0 fully saturated rings. The average Bonchev–Trinajstić information content (AvgIpc) is 3.33. The number of hydrogen-bond donors (Lipinski definition) is 2. The zero-order valence-electron chi connectivity index (χ0n) is 22.2. The summed E-state index contributed by atoms with van der Waals surface area (Å²) in [6, 6.07) is 22.3. The van der Waals surface area contributed by atoms with Crippen LogP contribution in [0.2, 0.25) is 10.0 Å². The van der Waals surface area contributed by atoms with Gasteiger partial charge in [0.05, 0.1) is 21.3 Å². The molecule has 0 bridgehead atoms. The molecule has 0 saturated carbocycles. The molecule has 3 aromatic carbocycles. The van der Waals surface area contributed by atoms with Gasteiger partial charge in [0.25, 0.3) is 0 Å². The van der Waals surface area contributed by atoms with Crippen LogP contribution in [0.1, 0.15) is 23.5 Å². The Morgan fingerprint density at radius 1 is 0.976 bits per heavy atom. The second-order valence-electron chi connectivity index (χ2n) is 8.84. The van der Waals surface area contributed by atoms with Crippen molar-refractivity contribution in [2.45, 2.75) is 24.1 Å². The predicted octanol–water partition coefficient (Wildman–Crippen LogP) is 8.26. The fourth-order valence-corrected chi connectivity index (χ4v) is 5.93. The van der Waals surface area contributed by atoms with E-state index in [2.05, 4.69) is 9.97 Å². The topological polar surface area (TPSA) is 93.3 Å². The number of aromatic nitrogens is 4. The molecular formula is C30H26Cl2N4O3S2. The number of thioether (sulfide) groups is 2. The van der Waals surface area contributed by atoms with Crippen molar-refractivity contribution in [2.75, 3.05) is 12.0 Å². The largest absolute Gasteiger partial charge is 0.489 e. The van der Waals surface area contributed by atoms with Crippen molar-refractivity contribution < 1.29 is 15.1 Å². The maximum Gasteiger partial charge on any atom is 0.187 e. The number of nitrogens with zero attached hydrogens (tertiary/aromatic N) is 4. The SMILES string of the molecule is CCSC(O)c1cc(Cl)c(-c2nc(-c3ccnc(SC)n3)c(-c3cccc(OCc4ccccc4)c3)n2O)c(Cl)c1. The highest BCUT2D eigenvalue weighted by Crippen LogP contribution is 2.42. The van der Waals surface area contributed by atoms with Gasteiger partial charge in [-0.1, -0.05) is 84.4 Å². The molecule has 0 amide bonds. The van der Waals surface area contributed by atoms with Gasteiger partial charge in [-0.25, -0.2) is 15.0 Å². The number of benzene rings is 3. The van der Waals surface area contributed by atoms with Crippen molar-refractivity contribution in [1.29, 1.82) is 0 Å². The Kier molecular flexibility index (Phi) is 9.42. The van der Waals surface area contributed by atoms with Gasteiger partial charge in [0, 0.05) is 11.8 Å². The lowest BCUT2D eigenvalue weighted by Gasteiger charge is -2.14. The maximum atomic E-state index is 11.6. The number of imidazole rings is 1. The number of ether oxygens (including phenoxy) is 1. The van der Waals surface area contributed by atoms with Crippen LogP contribution in [0, 0.1) is 0 Å². The third-order valence-electron chi connectivity index (χ3n) is 6.17. The molecular weight excluding hydrogens is 599 g/mol. The maximum absolute atomic E-state index is 11.6. The van der Waals surface area contributed by atoms with Gasteiger partial charge in [0.1, 0.15) is 29.2 Å². The minimum Gasteiger partial charge on any atom is -0.489 e. The summed E-state index contributed by atoms with van der Waals surface area (Å²) in [4.78, 5) is 13.7. The van der Waals surface area contributed by atoms with Crippen LogP contribution < -0.4 is 4.74 Å². The van der Waals surface area contributed by atoms with Crippen LogP contribution in [0.3, 0.4) is 0 Å². The molecule has 5 rings (SSSR count). The first-order chi connectivity index (χ1) is 19.9. The van der Waals surface area contributed by atoms with Crippen LogP contribution in [0.15, 0.2) is 84.1 Å². The van der Waals surface area contributed by atoms with Crippen molar-refractivity contribution >= 4 is 46.7 Å². The van der Waals surface area contributed by atoms with Crippen molar-refractivity contribution in [2.24, 2.45) is 0 Å². The highest BCUT2D eigenvalue weighted by molar-refractivity contribution is 7.99. The number of rotatable bonds is 10. The van der Waals surface area contributed by atoms with Crippen molar-refractivity contribution in [3.63, 3.8) is 0 Å². The molecule has 1 atom stereocenters. The smallest absolute Gasteiger partial charge is 0.187 e. The van der Waals surface area contributed by atoms with E-state index in [9.17, 15) is 10.3 Å². The molecule has 0 aliphatic rings. The molecule has 7 nitrogen and oxygen atoms in total. The van der Waals surface area contributed by atoms with E-state index in [1.807, 2.05) is 67.8 Å². The fraction of sp³-hybridized carbons (Fsp3) is 0.167. The van der Waals surface area contributed by atoms with Gasteiger partial charge in [-0.05, 0) is 53.5 Å².